The maximum absolute atomic E-state index is 11.6. The number of aliphatic hydroxyl groups excluding tert-OH is 1. The fraction of sp³-hybridized carbons (Fsp3) is 0.548. The molecule has 5 heterocycles. The second-order valence-corrected chi connectivity index (χ2v) is 14.8. The van der Waals surface area contributed by atoms with Crippen molar-refractivity contribution < 1.29 is 38.5 Å². The Morgan fingerprint density at radius 1 is 0.868 bits per heavy atom. The van der Waals surface area contributed by atoms with Crippen molar-refractivity contribution in [2.75, 3.05) is 46.4 Å². The van der Waals surface area contributed by atoms with Crippen LogP contribution in [0.1, 0.15) is 87.0 Å². The number of carboxylic acids is 2. The van der Waals surface area contributed by atoms with Crippen LogP contribution in [0.2, 0.25) is 0 Å². The van der Waals surface area contributed by atoms with Gasteiger partial charge in [-0.25, -0.2) is 0 Å². The molecule has 2 aliphatic rings. The van der Waals surface area contributed by atoms with Crippen molar-refractivity contribution in [1.82, 2.24) is 14.8 Å². The number of pyridine rings is 1. The summed E-state index contributed by atoms with van der Waals surface area (Å²) in [7, 11) is 1.63. The number of aromatic nitrogens is 1. The summed E-state index contributed by atoms with van der Waals surface area (Å²) in [6.07, 6.45) is 18.5. The number of methoxy groups -OCH3 is 1. The van der Waals surface area contributed by atoms with Crippen molar-refractivity contribution in [3.63, 3.8) is 0 Å². The highest BCUT2D eigenvalue weighted by atomic mass is 16.5. The van der Waals surface area contributed by atoms with E-state index in [1.807, 2.05) is 36.4 Å². The molecule has 3 aromatic heterocycles. The Morgan fingerprint density at radius 3 is 2.28 bits per heavy atom. The Bertz CT molecular complexity index is 1660. The predicted molar refractivity (Wildman–Crippen MR) is 203 cm³/mol. The van der Waals surface area contributed by atoms with Gasteiger partial charge in [0.15, 0.2) is 0 Å². The van der Waals surface area contributed by atoms with Gasteiger partial charge >= 0.3 is 11.9 Å². The van der Waals surface area contributed by atoms with Crippen LogP contribution in [-0.4, -0.2) is 88.4 Å². The summed E-state index contributed by atoms with van der Waals surface area (Å²) >= 11 is 0. The van der Waals surface area contributed by atoms with E-state index in [1.54, 1.807) is 38.4 Å². The average Bonchev–Trinajstić information content (AvgIpc) is 3.88. The lowest BCUT2D eigenvalue weighted by Crippen LogP contribution is -2.41. The number of piperidine rings is 2. The molecule has 4 aromatic rings. The Labute approximate surface area is 312 Å². The van der Waals surface area contributed by atoms with Crippen LogP contribution in [0.3, 0.4) is 0 Å². The van der Waals surface area contributed by atoms with Crippen LogP contribution in [0.25, 0.3) is 10.9 Å². The third-order valence-electron chi connectivity index (χ3n) is 10.9. The van der Waals surface area contributed by atoms with Crippen LogP contribution >= 0.6 is 0 Å². The quantitative estimate of drug-likeness (QED) is 0.0874. The summed E-state index contributed by atoms with van der Waals surface area (Å²) < 4.78 is 15.5. The number of benzene rings is 1. The first-order valence-corrected chi connectivity index (χ1v) is 19.3. The smallest absolute Gasteiger partial charge is 0.303 e. The average molecular weight is 732 g/mol. The van der Waals surface area contributed by atoms with Crippen molar-refractivity contribution in [3.8, 4) is 5.75 Å². The number of carboxylic acid groups (broad SMARTS) is 2. The third kappa shape index (κ3) is 13.0. The second-order valence-electron chi connectivity index (χ2n) is 14.8. The van der Waals surface area contributed by atoms with Gasteiger partial charge in [-0.05, 0) is 161 Å². The summed E-state index contributed by atoms with van der Waals surface area (Å²) in [6, 6.07) is 11.6. The first-order chi connectivity index (χ1) is 25.8. The number of aliphatic carboxylic acids is 2. The number of furan rings is 2. The summed E-state index contributed by atoms with van der Waals surface area (Å²) in [4.78, 5) is 31.5. The number of aliphatic hydroxyl groups is 1. The maximum Gasteiger partial charge on any atom is 0.303 e. The number of hydrogen-bond acceptors (Lipinski definition) is 9. The van der Waals surface area contributed by atoms with Crippen LogP contribution in [0.5, 0.6) is 5.75 Å². The minimum Gasteiger partial charge on any atom is -0.497 e. The SMILES string of the molecule is COc1ccc2nccc(C(O)CC[C@@H]3CCN(CCCCc4ccoc4)C[C@@H]3CC(=O)O)c2c1.O=C(O)CC1CCCN(CCCc2ccoc2)C1. The van der Waals surface area contributed by atoms with Crippen molar-refractivity contribution >= 4 is 22.8 Å². The lowest BCUT2D eigenvalue weighted by Gasteiger charge is -2.38. The fourth-order valence-corrected chi connectivity index (χ4v) is 8.10. The molecule has 11 heteroatoms. The van der Waals surface area contributed by atoms with Crippen LogP contribution in [-0.2, 0) is 22.4 Å². The van der Waals surface area contributed by atoms with E-state index in [9.17, 15) is 19.8 Å². The number of nitrogens with zero attached hydrogens (tertiary/aromatic N) is 3. The molecule has 53 heavy (non-hydrogen) atoms. The number of aryl methyl sites for hydroxylation is 2. The van der Waals surface area contributed by atoms with Crippen LogP contribution < -0.4 is 4.74 Å². The van der Waals surface area contributed by atoms with Gasteiger partial charge in [0.1, 0.15) is 5.75 Å². The Morgan fingerprint density at radius 2 is 1.58 bits per heavy atom. The molecule has 0 saturated carbocycles. The minimum atomic E-state index is -0.741. The molecule has 0 bridgehead atoms. The van der Waals surface area contributed by atoms with Gasteiger partial charge in [-0.2, -0.15) is 0 Å². The summed E-state index contributed by atoms with van der Waals surface area (Å²) in [6.45, 7) is 5.90. The largest absolute Gasteiger partial charge is 0.497 e. The first kappa shape index (κ1) is 40.0. The minimum absolute atomic E-state index is 0.108. The van der Waals surface area contributed by atoms with E-state index in [1.165, 1.54) is 11.1 Å². The summed E-state index contributed by atoms with van der Waals surface area (Å²) in [5, 5.41) is 30.3. The molecule has 0 aliphatic carbocycles. The van der Waals surface area contributed by atoms with Crippen molar-refractivity contribution in [2.24, 2.45) is 17.8 Å². The monoisotopic (exact) mass is 731 g/mol. The van der Waals surface area contributed by atoms with Gasteiger partial charge in [0, 0.05) is 37.5 Å². The van der Waals surface area contributed by atoms with Gasteiger partial charge in [-0.1, -0.05) is 0 Å². The topological polar surface area (TPSA) is 150 Å². The molecule has 288 valence electrons. The number of rotatable bonds is 18. The molecule has 11 nitrogen and oxygen atoms in total. The number of likely N-dealkylation sites (tertiary alicyclic amines) is 2. The highest BCUT2D eigenvalue weighted by molar-refractivity contribution is 5.83. The molecule has 6 rings (SSSR count). The maximum atomic E-state index is 11.6. The molecular formula is C42H57N3O8. The Hall–Kier alpha value is -4.19. The molecule has 2 fully saturated rings. The first-order valence-electron chi connectivity index (χ1n) is 19.3. The molecular weight excluding hydrogens is 674 g/mol. The van der Waals surface area contributed by atoms with Crippen LogP contribution in [0.15, 0.2) is 76.5 Å². The molecule has 2 saturated heterocycles. The van der Waals surface area contributed by atoms with E-state index in [4.69, 9.17) is 18.7 Å². The van der Waals surface area contributed by atoms with E-state index in [-0.39, 0.29) is 12.3 Å². The third-order valence-corrected chi connectivity index (χ3v) is 10.9. The zero-order valence-corrected chi connectivity index (χ0v) is 31.1. The molecule has 1 aromatic carbocycles. The molecule has 2 unspecified atom stereocenters. The van der Waals surface area contributed by atoms with Crippen molar-refractivity contribution in [2.45, 2.75) is 83.2 Å². The molecule has 4 atom stereocenters. The second kappa shape index (κ2) is 20.9. The number of hydrogen-bond donors (Lipinski definition) is 3. The van der Waals surface area contributed by atoms with Crippen molar-refractivity contribution in [3.05, 3.63) is 84.3 Å². The summed E-state index contributed by atoms with van der Waals surface area (Å²) in [5.74, 6) is 0.0692. The molecule has 0 radical (unpaired) electrons. The van der Waals surface area contributed by atoms with Gasteiger partial charge in [0.25, 0.3) is 0 Å². The van der Waals surface area contributed by atoms with Gasteiger partial charge < -0.3 is 38.7 Å². The predicted octanol–water partition coefficient (Wildman–Crippen LogP) is 7.48. The van der Waals surface area contributed by atoms with Crippen LogP contribution in [0.4, 0.5) is 0 Å². The van der Waals surface area contributed by atoms with Crippen LogP contribution in [0, 0.1) is 17.8 Å². The highest BCUT2D eigenvalue weighted by Crippen LogP contribution is 2.35. The highest BCUT2D eigenvalue weighted by Gasteiger charge is 2.31. The summed E-state index contributed by atoms with van der Waals surface area (Å²) in [5.41, 5.74) is 4.14. The van der Waals surface area contributed by atoms with E-state index < -0.39 is 18.0 Å². The number of carbonyl (C=O) groups is 2. The molecule has 3 N–H and O–H groups in total. The number of fused-ring (bicyclic) bond motifs is 1. The molecule has 0 amide bonds. The van der Waals surface area contributed by atoms with Gasteiger partial charge in [0.05, 0.1) is 43.8 Å². The van der Waals surface area contributed by atoms with E-state index in [0.29, 0.717) is 24.7 Å². The number of unbranched alkanes of at least 4 members (excludes halogenated alkanes) is 1. The number of ether oxygens (including phenoxy) is 1. The zero-order valence-electron chi connectivity index (χ0n) is 31.1. The Balaban J connectivity index is 0.000000252. The molecule has 2 aliphatic heterocycles. The zero-order chi connectivity index (χ0) is 37.4. The van der Waals surface area contributed by atoms with E-state index >= 15 is 0 Å². The normalized spacial score (nSPS) is 20.1. The lowest BCUT2D eigenvalue weighted by atomic mass is 9.79. The fourth-order valence-electron chi connectivity index (χ4n) is 8.10. The lowest BCUT2D eigenvalue weighted by molar-refractivity contribution is -0.140. The molecule has 0 spiro atoms. The standard InChI is InChI=1S/C28H36N2O5.C14H21NO3/c1-34-23-6-7-26-25(17-23)24(9-12-29-26)27(31)8-5-21-10-14-30(18-22(21)16-28(32)33)13-3-2-4-20-11-15-35-19-20;16-14(17)9-13-4-2-7-15(10-13)6-1-3-12-5-8-18-11-12/h6-7,9,11-12,15,17,19,21-22,27,31H,2-5,8,10,13-14,16,18H2,1H3,(H,32,33);5,8,11,13H,1-4,6-7,9-10H2,(H,16,17)/t21-,22+,27?;/m1./s1. The Kier molecular flexibility index (Phi) is 15.8. The van der Waals surface area contributed by atoms with E-state index in [0.717, 1.165) is 119 Å². The van der Waals surface area contributed by atoms with Gasteiger partial charge in [-0.15, -0.1) is 0 Å². The van der Waals surface area contributed by atoms with Gasteiger partial charge in [0.2, 0.25) is 0 Å². The van der Waals surface area contributed by atoms with Crippen molar-refractivity contribution in [1.29, 1.82) is 0 Å². The van der Waals surface area contributed by atoms with E-state index in [2.05, 4.69) is 14.8 Å². The van der Waals surface area contributed by atoms with Gasteiger partial charge in [-0.3, -0.25) is 14.6 Å².